The van der Waals surface area contributed by atoms with E-state index in [1.54, 1.807) is 14.0 Å². The lowest BCUT2D eigenvalue weighted by molar-refractivity contribution is -0.137. The van der Waals surface area contributed by atoms with Crippen molar-refractivity contribution < 1.29 is 28.6 Å². The number of carbonyl (C=O) groups is 3. The lowest BCUT2D eigenvalue weighted by Crippen LogP contribution is -2.55. The number of hydrogen-bond donors (Lipinski definition) is 2. The molecule has 156 valence electrons. The molecule has 0 radical (unpaired) electrons. The summed E-state index contributed by atoms with van der Waals surface area (Å²) in [5, 5.41) is 3.35. The van der Waals surface area contributed by atoms with Crippen LogP contribution in [0.3, 0.4) is 0 Å². The van der Waals surface area contributed by atoms with Crippen molar-refractivity contribution in [3.8, 4) is 0 Å². The van der Waals surface area contributed by atoms with Crippen LogP contribution in [0, 0.1) is 5.92 Å². The zero-order valence-corrected chi connectivity index (χ0v) is 16.4. The number of allylic oxidation sites excluding steroid dienone is 2. The van der Waals surface area contributed by atoms with E-state index in [0.717, 1.165) is 0 Å². The Bertz CT molecular complexity index is 876. The smallest absolute Gasteiger partial charge is 0.404 e. The van der Waals surface area contributed by atoms with Crippen LogP contribution in [-0.4, -0.2) is 91.8 Å². The fourth-order valence-electron chi connectivity index (χ4n) is 5.45. The molecule has 4 heterocycles. The minimum atomic E-state index is -0.948. The van der Waals surface area contributed by atoms with Crippen molar-refractivity contribution in [2.75, 3.05) is 46.6 Å². The number of morpholine rings is 1. The van der Waals surface area contributed by atoms with E-state index in [2.05, 4.69) is 5.32 Å². The average Bonchev–Trinajstić information content (AvgIpc) is 3.32. The highest BCUT2D eigenvalue weighted by atomic mass is 16.6. The topological polar surface area (TPSA) is 133 Å². The minimum Gasteiger partial charge on any atom is -0.449 e. The van der Waals surface area contributed by atoms with Crippen molar-refractivity contribution in [2.45, 2.75) is 24.7 Å². The summed E-state index contributed by atoms with van der Waals surface area (Å²) in [5.41, 5.74) is 5.83. The van der Waals surface area contributed by atoms with Crippen LogP contribution < -0.4 is 11.1 Å². The Hall–Kier alpha value is -2.43. The Kier molecular flexibility index (Phi) is 4.03. The number of primary amides is 1. The van der Waals surface area contributed by atoms with E-state index in [0.29, 0.717) is 55.4 Å². The van der Waals surface area contributed by atoms with E-state index in [9.17, 15) is 14.4 Å². The number of carbonyl (C=O) groups excluding carboxylic acids is 3. The third-order valence-corrected chi connectivity index (χ3v) is 6.72. The van der Waals surface area contributed by atoms with Crippen LogP contribution in [0.2, 0.25) is 0 Å². The number of nitrogens with two attached hydrogens (primary N) is 1. The summed E-state index contributed by atoms with van der Waals surface area (Å²) < 4.78 is 16.5. The minimum absolute atomic E-state index is 0.0488. The molecular formula is C19H24N4O6. The van der Waals surface area contributed by atoms with Gasteiger partial charge in [0.25, 0.3) is 0 Å². The van der Waals surface area contributed by atoms with Crippen LogP contribution in [0.4, 0.5) is 4.79 Å². The van der Waals surface area contributed by atoms with Crippen molar-refractivity contribution >= 4 is 17.7 Å². The monoisotopic (exact) mass is 404 g/mol. The molecule has 10 heteroatoms. The Balaban J connectivity index is 1.59. The summed E-state index contributed by atoms with van der Waals surface area (Å²) in [6.07, 6.45) is -0.926. The largest absolute Gasteiger partial charge is 0.449 e. The molecule has 4 atom stereocenters. The molecule has 0 aromatic carbocycles. The third-order valence-electron chi connectivity index (χ3n) is 6.72. The average molecular weight is 404 g/mol. The quantitative estimate of drug-likeness (QED) is 0.434. The lowest BCUT2D eigenvalue weighted by atomic mass is 9.82. The molecule has 29 heavy (non-hydrogen) atoms. The highest BCUT2D eigenvalue weighted by molar-refractivity contribution is 6.25. The number of ether oxygens (including phenoxy) is 3. The predicted molar refractivity (Wildman–Crippen MR) is 98.3 cm³/mol. The number of hydrogen-bond acceptors (Lipinski definition) is 9. The van der Waals surface area contributed by atoms with Crippen molar-refractivity contribution in [2.24, 2.45) is 11.7 Å². The van der Waals surface area contributed by atoms with Gasteiger partial charge >= 0.3 is 6.09 Å². The van der Waals surface area contributed by atoms with Gasteiger partial charge < -0.3 is 35.1 Å². The summed E-state index contributed by atoms with van der Waals surface area (Å²) in [6, 6.07) is 0.125. The van der Waals surface area contributed by atoms with Gasteiger partial charge in [0.2, 0.25) is 11.6 Å². The fraction of sp³-hybridized carbons (Fsp3) is 0.632. The molecule has 3 saturated heterocycles. The van der Waals surface area contributed by atoms with E-state index in [1.165, 1.54) is 0 Å². The molecule has 0 unspecified atom stereocenters. The maximum atomic E-state index is 13.7. The van der Waals surface area contributed by atoms with Gasteiger partial charge in [-0.05, 0) is 6.92 Å². The molecule has 5 aliphatic rings. The van der Waals surface area contributed by atoms with Gasteiger partial charge in [-0.15, -0.1) is 0 Å². The summed E-state index contributed by atoms with van der Waals surface area (Å²) in [6.45, 7) is 4.22. The van der Waals surface area contributed by atoms with Gasteiger partial charge in [-0.3, -0.25) is 9.59 Å². The number of amides is 1. The zero-order valence-electron chi connectivity index (χ0n) is 16.4. The number of ketones is 2. The number of Topliss-reactive ketones (excluding diaryl/α,β-unsaturated/α-hetero) is 2. The van der Waals surface area contributed by atoms with Crippen LogP contribution in [0.25, 0.3) is 0 Å². The lowest BCUT2D eigenvalue weighted by Gasteiger charge is -2.39. The highest BCUT2D eigenvalue weighted by Crippen LogP contribution is 2.56. The summed E-state index contributed by atoms with van der Waals surface area (Å²) in [4.78, 5) is 42.3. The first-order chi connectivity index (χ1) is 13.9. The zero-order chi connectivity index (χ0) is 20.5. The van der Waals surface area contributed by atoms with Gasteiger partial charge in [-0.25, -0.2) is 4.79 Å². The number of methoxy groups -OCH3 is 1. The molecule has 1 amide bonds. The Morgan fingerprint density at radius 3 is 2.66 bits per heavy atom. The standard InChI is InChI=1S/C19H24N4O6/c1-9-13(22-3-5-28-6-4-22)16(25)12-10(8-29-18(20)26)19(27-2)17-11(21-17)7-23(19)14(12)15(9)24/h10-11,17,21H,3-8H2,1-2H3,(H2,20,26)/t10-,11+,17+,19-/m0/s1. The van der Waals surface area contributed by atoms with Gasteiger partial charge in [0.05, 0.1) is 36.6 Å². The molecule has 4 aliphatic heterocycles. The number of piperazine rings is 1. The van der Waals surface area contributed by atoms with Crippen LogP contribution in [-0.2, 0) is 23.8 Å². The molecular weight excluding hydrogens is 380 g/mol. The van der Waals surface area contributed by atoms with Gasteiger partial charge in [-0.1, -0.05) is 0 Å². The summed E-state index contributed by atoms with van der Waals surface area (Å²) in [7, 11) is 1.56. The summed E-state index contributed by atoms with van der Waals surface area (Å²) in [5.74, 6) is -0.994. The number of nitrogens with zero attached hydrogens (tertiary/aromatic N) is 2. The van der Waals surface area contributed by atoms with E-state index in [1.807, 2.05) is 9.80 Å². The SMILES string of the molecule is CO[C@@]12[C@@H]3N[C@@H]3CN1C1=C(C(=O)C(N3CCOCC3)=C(C)C1=O)[C@@H]2COC(N)=O. The molecule has 0 saturated carbocycles. The first-order valence-electron chi connectivity index (χ1n) is 9.80. The van der Waals surface area contributed by atoms with Gasteiger partial charge in [-0.2, -0.15) is 0 Å². The molecule has 0 aromatic rings. The second-order valence-electron chi connectivity index (χ2n) is 7.99. The first-order valence-corrected chi connectivity index (χ1v) is 9.80. The molecule has 10 nitrogen and oxygen atoms in total. The Morgan fingerprint density at radius 2 is 2.00 bits per heavy atom. The van der Waals surface area contributed by atoms with E-state index in [-0.39, 0.29) is 30.3 Å². The maximum Gasteiger partial charge on any atom is 0.404 e. The van der Waals surface area contributed by atoms with Crippen molar-refractivity contribution in [1.82, 2.24) is 15.1 Å². The number of nitrogens with one attached hydrogen (secondary N) is 1. The molecule has 3 N–H and O–H groups in total. The normalized spacial score (nSPS) is 35.7. The van der Waals surface area contributed by atoms with Gasteiger partial charge in [0.1, 0.15) is 6.61 Å². The van der Waals surface area contributed by atoms with Crippen molar-refractivity contribution in [3.63, 3.8) is 0 Å². The molecule has 0 spiro atoms. The second kappa shape index (κ2) is 6.28. The van der Waals surface area contributed by atoms with Crippen molar-refractivity contribution in [3.05, 3.63) is 22.5 Å². The van der Waals surface area contributed by atoms with Crippen molar-refractivity contribution in [1.29, 1.82) is 0 Å². The van der Waals surface area contributed by atoms with E-state index >= 15 is 0 Å². The van der Waals surface area contributed by atoms with Crippen LogP contribution in [0.15, 0.2) is 22.5 Å². The Labute approximate surface area is 167 Å². The van der Waals surface area contributed by atoms with E-state index < -0.39 is 17.7 Å². The van der Waals surface area contributed by atoms with Gasteiger partial charge in [0, 0.05) is 43.9 Å². The second-order valence-corrected chi connectivity index (χ2v) is 7.99. The molecule has 0 bridgehead atoms. The first kappa shape index (κ1) is 18.6. The number of rotatable bonds is 4. The highest BCUT2D eigenvalue weighted by Gasteiger charge is 2.72. The molecule has 0 aromatic heterocycles. The molecule has 1 aliphatic carbocycles. The predicted octanol–water partition coefficient (Wildman–Crippen LogP) is -1.28. The fourth-order valence-corrected chi connectivity index (χ4v) is 5.45. The van der Waals surface area contributed by atoms with Crippen LogP contribution in [0.5, 0.6) is 0 Å². The van der Waals surface area contributed by atoms with Gasteiger partial charge in [0.15, 0.2) is 5.72 Å². The Morgan fingerprint density at radius 1 is 1.28 bits per heavy atom. The van der Waals surface area contributed by atoms with Crippen LogP contribution in [0.1, 0.15) is 6.92 Å². The maximum absolute atomic E-state index is 13.7. The van der Waals surface area contributed by atoms with Crippen LogP contribution >= 0.6 is 0 Å². The molecule has 3 fully saturated rings. The molecule has 5 rings (SSSR count). The van der Waals surface area contributed by atoms with E-state index in [4.69, 9.17) is 19.9 Å². The third kappa shape index (κ3) is 2.36. The summed E-state index contributed by atoms with van der Waals surface area (Å²) >= 11 is 0. The number of fused-ring (bicyclic) bond motifs is 4.